The Morgan fingerprint density at radius 2 is 1.89 bits per heavy atom. The van der Waals surface area contributed by atoms with E-state index in [0.29, 0.717) is 0 Å². The van der Waals surface area contributed by atoms with Crippen molar-refractivity contribution in [1.29, 1.82) is 0 Å². The fraction of sp³-hybridized carbons (Fsp3) is 0.438. The maximum atomic E-state index is 6.29. The van der Waals surface area contributed by atoms with Crippen LogP contribution in [0.1, 0.15) is 43.8 Å². The molecule has 0 spiro atoms. The maximum Gasteiger partial charge on any atom is 0.0796 e. The summed E-state index contributed by atoms with van der Waals surface area (Å²) in [6.07, 6.45) is 8.50. The molecule has 2 N–H and O–H groups in total. The second-order valence-electron chi connectivity index (χ2n) is 5.51. The topological polar surface area (TPSA) is 43.8 Å². The molecule has 2 aromatic rings. The van der Waals surface area contributed by atoms with Crippen molar-refractivity contribution in [2.75, 3.05) is 0 Å². The van der Waals surface area contributed by atoms with Crippen LogP contribution in [0.3, 0.4) is 0 Å². The molecule has 0 aliphatic heterocycles. The molecule has 1 aliphatic carbocycles. The monoisotopic (exact) mass is 255 g/mol. The Kier molecular flexibility index (Phi) is 3.65. The average molecular weight is 255 g/mol. The Hall–Kier alpha value is -1.61. The molecule has 100 valence electrons. The van der Waals surface area contributed by atoms with Gasteiger partial charge in [-0.15, -0.1) is 0 Å². The van der Waals surface area contributed by atoms with Gasteiger partial charge in [0.15, 0.2) is 0 Å². The number of para-hydroxylation sites is 1. The van der Waals surface area contributed by atoms with Crippen molar-refractivity contribution >= 4 is 0 Å². The van der Waals surface area contributed by atoms with Crippen LogP contribution in [-0.4, -0.2) is 9.78 Å². The van der Waals surface area contributed by atoms with Gasteiger partial charge >= 0.3 is 0 Å². The molecule has 0 saturated heterocycles. The van der Waals surface area contributed by atoms with Crippen LogP contribution < -0.4 is 5.73 Å². The van der Waals surface area contributed by atoms with E-state index in [1.54, 1.807) is 0 Å². The highest BCUT2D eigenvalue weighted by Crippen LogP contribution is 2.31. The molecule has 1 fully saturated rings. The molecule has 1 atom stereocenters. The summed E-state index contributed by atoms with van der Waals surface area (Å²) in [5.41, 5.74) is 8.39. The minimum Gasteiger partial charge on any atom is -0.323 e. The van der Waals surface area contributed by atoms with Gasteiger partial charge in [-0.2, -0.15) is 5.10 Å². The van der Waals surface area contributed by atoms with Crippen LogP contribution in [0, 0.1) is 5.92 Å². The molecule has 0 amide bonds. The predicted molar refractivity (Wildman–Crippen MR) is 77.1 cm³/mol. The third kappa shape index (κ3) is 2.87. The average Bonchev–Trinajstić information content (AvgIpc) is 3.10. The zero-order valence-corrected chi connectivity index (χ0v) is 11.2. The number of benzene rings is 1. The van der Waals surface area contributed by atoms with Gasteiger partial charge in [-0.1, -0.05) is 43.9 Å². The Labute approximate surface area is 114 Å². The minimum absolute atomic E-state index is 0.0769. The highest BCUT2D eigenvalue weighted by Gasteiger charge is 2.20. The van der Waals surface area contributed by atoms with Crippen LogP contribution in [-0.2, 0) is 0 Å². The molecule has 19 heavy (non-hydrogen) atoms. The van der Waals surface area contributed by atoms with Crippen molar-refractivity contribution in [1.82, 2.24) is 9.78 Å². The quantitative estimate of drug-likeness (QED) is 0.909. The Morgan fingerprint density at radius 1 is 1.16 bits per heavy atom. The lowest BCUT2D eigenvalue weighted by atomic mass is 9.97. The lowest BCUT2D eigenvalue weighted by molar-refractivity contribution is 0.444. The summed E-state index contributed by atoms with van der Waals surface area (Å²) in [6.45, 7) is 0. The maximum absolute atomic E-state index is 6.29. The van der Waals surface area contributed by atoms with Crippen LogP contribution >= 0.6 is 0 Å². The van der Waals surface area contributed by atoms with Gasteiger partial charge in [0.1, 0.15) is 0 Å². The first-order valence-electron chi connectivity index (χ1n) is 7.19. The van der Waals surface area contributed by atoms with E-state index in [-0.39, 0.29) is 6.04 Å². The number of hydrogen-bond donors (Lipinski definition) is 1. The number of hydrogen-bond acceptors (Lipinski definition) is 2. The summed E-state index contributed by atoms with van der Waals surface area (Å²) in [5.74, 6) is 0.803. The second-order valence-corrected chi connectivity index (χ2v) is 5.51. The van der Waals surface area contributed by atoms with Crippen molar-refractivity contribution in [3.63, 3.8) is 0 Å². The molecule has 0 radical (unpaired) electrons. The molecule has 1 aromatic heterocycles. The number of nitrogens with zero attached hydrogens (tertiary/aromatic N) is 2. The molecular weight excluding hydrogens is 234 g/mol. The van der Waals surface area contributed by atoms with Crippen LogP contribution in [0.25, 0.3) is 5.69 Å². The van der Waals surface area contributed by atoms with Crippen molar-refractivity contribution in [3.8, 4) is 5.69 Å². The van der Waals surface area contributed by atoms with Gasteiger partial charge in [0.2, 0.25) is 0 Å². The highest BCUT2D eigenvalue weighted by atomic mass is 15.3. The summed E-state index contributed by atoms with van der Waals surface area (Å²) in [7, 11) is 0. The van der Waals surface area contributed by atoms with Gasteiger partial charge in [0.25, 0.3) is 0 Å². The molecule has 1 aliphatic rings. The van der Waals surface area contributed by atoms with E-state index in [4.69, 9.17) is 5.73 Å². The van der Waals surface area contributed by atoms with E-state index in [9.17, 15) is 0 Å². The molecule has 1 unspecified atom stereocenters. The van der Waals surface area contributed by atoms with Gasteiger partial charge in [-0.05, 0) is 30.5 Å². The van der Waals surface area contributed by atoms with E-state index in [0.717, 1.165) is 23.7 Å². The van der Waals surface area contributed by atoms with E-state index < -0.39 is 0 Å². The third-order valence-corrected chi connectivity index (χ3v) is 4.07. The first-order chi connectivity index (χ1) is 9.33. The second kappa shape index (κ2) is 5.57. The van der Waals surface area contributed by atoms with Crippen molar-refractivity contribution < 1.29 is 0 Å². The van der Waals surface area contributed by atoms with Crippen molar-refractivity contribution in [2.24, 2.45) is 11.7 Å². The van der Waals surface area contributed by atoms with Gasteiger partial charge < -0.3 is 5.73 Å². The summed E-state index contributed by atoms with van der Waals surface area (Å²) in [5, 5.41) is 4.61. The van der Waals surface area contributed by atoms with E-state index >= 15 is 0 Å². The molecule has 3 rings (SSSR count). The fourth-order valence-corrected chi connectivity index (χ4v) is 2.99. The predicted octanol–water partition coefficient (Wildman–Crippen LogP) is 3.45. The number of nitrogens with two attached hydrogens (primary N) is 1. The zero-order valence-electron chi connectivity index (χ0n) is 11.2. The number of rotatable bonds is 4. The molecule has 0 bridgehead atoms. The van der Waals surface area contributed by atoms with Crippen LogP contribution in [0.4, 0.5) is 0 Å². The first kappa shape index (κ1) is 12.4. The summed E-state index contributed by atoms with van der Waals surface area (Å²) in [4.78, 5) is 0. The summed E-state index contributed by atoms with van der Waals surface area (Å²) < 4.78 is 1.91. The Balaban J connectivity index is 1.70. The smallest absolute Gasteiger partial charge is 0.0796 e. The Bertz CT molecular complexity index is 512. The van der Waals surface area contributed by atoms with Crippen molar-refractivity contribution in [3.05, 3.63) is 48.3 Å². The molecular formula is C16H21N3. The van der Waals surface area contributed by atoms with Gasteiger partial charge in [-0.25, -0.2) is 4.68 Å². The summed E-state index contributed by atoms with van der Waals surface area (Å²) in [6, 6.07) is 12.3. The van der Waals surface area contributed by atoms with E-state index in [1.807, 2.05) is 35.1 Å². The van der Waals surface area contributed by atoms with E-state index in [2.05, 4.69) is 17.2 Å². The lowest BCUT2D eigenvalue weighted by Gasteiger charge is -2.14. The van der Waals surface area contributed by atoms with E-state index in [1.165, 1.54) is 25.7 Å². The largest absolute Gasteiger partial charge is 0.323 e. The van der Waals surface area contributed by atoms with Crippen molar-refractivity contribution in [2.45, 2.75) is 38.1 Å². The van der Waals surface area contributed by atoms with Gasteiger partial charge in [-0.3, -0.25) is 0 Å². The standard InChI is InChI=1S/C16H21N3/c17-15(12-13-6-4-5-7-13)16-10-11-19(18-16)14-8-2-1-3-9-14/h1-3,8-11,13,15H,4-7,12,17H2. The fourth-order valence-electron chi connectivity index (χ4n) is 2.99. The number of aromatic nitrogens is 2. The van der Waals surface area contributed by atoms with Crippen LogP contribution in [0.2, 0.25) is 0 Å². The lowest BCUT2D eigenvalue weighted by Crippen LogP contribution is -2.15. The molecule has 1 aromatic carbocycles. The SMILES string of the molecule is NC(CC1CCCC1)c1ccn(-c2ccccc2)n1. The van der Waals surface area contributed by atoms with Gasteiger partial charge in [0, 0.05) is 12.2 Å². The highest BCUT2D eigenvalue weighted by molar-refractivity contribution is 5.30. The molecule has 3 nitrogen and oxygen atoms in total. The Morgan fingerprint density at radius 3 is 2.63 bits per heavy atom. The first-order valence-corrected chi connectivity index (χ1v) is 7.19. The zero-order chi connectivity index (χ0) is 13.1. The molecule has 1 heterocycles. The third-order valence-electron chi connectivity index (χ3n) is 4.07. The van der Waals surface area contributed by atoms with Crippen LogP contribution in [0.5, 0.6) is 0 Å². The van der Waals surface area contributed by atoms with Gasteiger partial charge in [0.05, 0.1) is 11.4 Å². The molecule has 3 heteroatoms. The minimum atomic E-state index is 0.0769. The normalized spacial score (nSPS) is 17.7. The van der Waals surface area contributed by atoms with Crippen LogP contribution in [0.15, 0.2) is 42.6 Å². The summed E-state index contributed by atoms with van der Waals surface area (Å²) >= 11 is 0. The molecule has 1 saturated carbocycles.